The molecule has 0 saturated carbocycles. The van der Waals surface area contributed by atoms with Crippen LogP contribution in [-0.4, -0.2) is 75.6 Å². The third kappa shape index (κ3) is 7.96. The maximum absolute atomic E-state index is 14.1. The molecule has 2 aliphatic rings. The van der Waals surface area contributed by atoms with Crippen LogP contribution in [0.1, 0.15) is 29.8 Å². The zero-order valence-electron chi connectivity index (χ0n) is 25.4. The number of oxime groups is 1. The van der Waals surface area contributed by atoms with Crippen molar-refractivity contribution in [1.29, 1.82) is 0 Å². The zero-order chi connectivity index (χ0) is 34.2. The molecule has 1 aromatic heterocycles. The quantitative estimate of drug-likeness (QED) is 0.0591. The minimum absolute atomic E-state index is 0.00154. The molecule has 2 atom stereocenters. The normalized spacial score (nSPS) is 17.6. The summed E-state index contributed by atoms with van der Waals surface area (Å²) in [5, 5.41) is 7.19. The number of nitrogens with two attached hydrogens (primary N) is 2. The van der Waals surface area contributed by atoms with Gasteiger partial charge in [-0.05, 0) is 16.7 Å². The van der Waals surface area contributed by atoms with Crippen molar-refractivity contribution in [3.05, 3.63) is 106 Å². The van der Waals surface area contributed by atoms with Crippen LogP contribution in [0.2, 0.25) is 0 Å². The first-order valence-electron chi connectivity index (χ1n) is 14.4. The Labute approximate surface area is 282 Å². The van der Waals surface area contributed by atoms with E-state index >= 15 is 0 Å². The van der Waals surface area contributed by atoms with Gasteiger partial charge < -0.3 is 31.1 Å². The number of carbonyl (C=O) groups excluding carboxylic acids is 5. The van der Waals surface area contributed by atoms with E-state index < -0.39 is 47.2 Å². The number of ether oxygens (including phenoxy) is 2. The van der Waals surface area contributed by atoms with E-state index in [9.17, 15) is 24.0 Å². The summed E-state index contributed by atoms with van der Waals surface area (Å²) >= 11 is 2.35. The number of rotatable bonds is 13. The van der Waals surface area contributed by atoms with Crippen LogP contribution in [0.4, 0.5) is 5.13 Å². The summed E-state index contributed by atoms with van der Waals surface area (Å²) in [4.78, 5) is 73.6. The molecule has 5 rings (SSSR count). The molecule has 3 aromatic rings. The maximum Gasteiger partial charge on any atom is 0.356 e. The van der Waals surface area contributed by atoms with Crippen LogP contribution < -0.4 is 16.8 Å². The average Bonchev–Trinajstić information content (AvgIpc) is 3.51. The summed E-state index contributed by atoms with van der Waals surface area (Å²) in [5.74, 6) is -3.31. The number of carbonyl (C=O) groups is 5. The number of fused-ring (bicyclic) bond motifs is 1. The number of anilines is 1. The number of hydrogen-bond acceptors (Lipinski definition) is 13. The largest absolute Gasteiger partial charge is 0.448 e. The zero-order valence-corrected chi connectivity index (χ0v) is 27.1. The molecule has 16 heteroatoms. The van der Waals surface area contributed by atoms with Crippen molar-refractivity contribution in [2.24, 2.45) is 10.9 Å². The molecule has 1 fully saturated rings. The molecule has 5 N–H and O–H groups in total. The first kappa shape index (κ1) is 34.0. The van der Waals surface area contributed by atoms with E-state index in [-0.39, 0.29) is 41.2 Å². The highest BCUT2D eigenvalue weighted by molar-refractivity contribution is 8.00. The third-order valence-electron chi connectivity index (χ3n) is 6.93. The molecule has 0 spiro atoms. The number of thioether (sulfide) groups is 1. The Kier molecular flexibility index (Phi) is 11.0. The lowest BCUT2D eigenvalue weighted by molar-refractivity contribution is -0.154. The number of hydrogen-bond donors (Lipinski definition) is 3. The van der Waals surface area contributed by atoms with E-state index in [2.05, 4.69) is 15.5 Å². The second kappa shape index (κ2) is 15.5. The lowest BCUT2D eigenvalue weighted by Gasteiger charge is -2.49. The second-order valence-corrected chi connectivity index (χ2v) is 12.3. The van der Waals surface area contributed by atoms with Gasteiger partial charge in [0.05, 0.1) is 6.61 Å². The van der Waals surface area contributed by atoms with E-state index in [0.717, 1.165) is 29.4 Å². The van der Waals surface area contributed by atoms with Gasteiger partial charge in [-0.25, -0.2) is 14.6 Å². The SMILES string of the molecule is CC(=O)ON=C(C(=O)N[C@@H]1C(=O)N2C(C(=O)OC(c3ccccc3)c3ccccc3)=C(/C=C/COCC(N)=O)CS[C@H]12)c1csc(N)n1. The van der Waals surface area contributed by atoms with Crippen molar-refractivity contribution < 1.29 is 38.3 Å². The molecule has 0 radical (unpaired) electrons. The van der Waals surface area contributed by atoms with Crippen LogP contribution in [0.25, 0.3) is 0 Å². The minimum atomic E-state index is -1.06. The Hall–Kier alpha value is -5.32. The fourth-order valence-corrected chi connectivity index (χ4v) is 6.71. The molecule has 3 amide bonds. The highest BCUT2D eigenvalue weighted by Crippen LogP contribution is 2.42. The van der Waals surface area contributed by atoms with Crippen LogP contribution in [-0.2, 0) is 38.3 Å². The van der Waals surface area contributed by atoms with E-state index in [0.29, 0.717) is 5.57 Å². The van der Waals surface area contributed by atoms with Gasteiger partial charge >= 0.3 is 11.9 Å². The number of primary amides is 1. The summed E-state index contributed by atoms with van der Waals surface area (Å²) < 4.78 is 11.3. The highest BCUT2D eigenvalue weighted by atomic mass is 32.2. The molecule has 0 unspecified atom stereocenters. The molecule has 2 aromatic carbocycles. The van der Waals surface area contributed by atoms with Gasteiger partial charge in [0.25, 0.3) is 11.8 Å². The van der Waals surface area contributed by atoms with Gasteiger partial charge in [-0.3, -0.25) is 19.3 Å². The van der Waals surface area contributed by atoms with E-state index in [4.69, 9.17) is 25.8 Å². The molecule has 14 nitrogen and oxygen atoms in total. The first-order chi connectivity index (χ1) is 23.1. The van der Waals surface area contributed by atoms with Crippen molar-refractivity contribution in [3.8, 4) is 0 Å². The number of benzene rings is 2. The topological polar surface area (TPSA) is 206 Å². The lowest BCUT2D eigenvalue weighted by Crippen LogP contribution is -2.71. The van der Waals surface area contributed by atoms with Gasteiger partial charge in [-0.2, -0.15) is 0 Å². The van der Waals surface area contributed by atoms with E-state index in [1.165, 1.54) is 22.0 Å². The van der Waals surface area contributed by atoms with Crippen molar-refractivity contribution in [2.45, 2.75) is 24.4 Å². The van der Waals surface area contributed by atoms with Crippen molar-refractivity contribution in [2.75, 3.05) is 24.7 Å². The molecule has 48 heavy (non-hydrogen) atoms. The van der Waals surface area contributed by atoms with Crippen LogP contribution in [0, 0.1) is 0 Å². The molecule has 248 valence electrons. The number of allylic oxidation sites excluding steroid dienone is 1. The predicted octanol–water partition coefficient (Wildman–Crippen LogP) is 2.04. The number of nitrogen functional groups attached to an aromatic ring is 1. The fraction of sp³-hybridized carbons (Fsp3) is 0.219. The summed E-state index contributed by atoms with van der Waals surface area (Å²) in [7, 11) is 0. The molecular weight excluding hydrogens is 661 g/mol. The molecule has 3 heterocycles. The van der Waals surface area contributed by atoms with Gasteiger partial charge in [0.15, 0.2) is 16.9 Å². The van der Waals surface area contributed by atoms with Crippen LogP contribution in [0.5, 0.6) is 0 Å². The Bertz CT molecular complexity index is 1750. The molecule has 0 aliphatic carbocycles. The summed E-state index contributed by atoms with van der Waals surface area (Å²) in [6, 6.07) is 17.3. The lowest BCUT2D eigenvalue weighted by atomic mass is 10.0. The van der Waals surface area contributed by atoms with Gasteiger partial charge in [-0.15, -0.1) is 23.1 Å². The van der Waals surface area contributed by atoms with Gasteiger partial charge in [-0.1, -0.05) is 78.0 Å². The summed E-state index contributed by atoms with van der Waals surface area (Å²) in [5.41, 5.74) is 12.5. The summed E-state index contributed by atoms with van der Waals surface area (Å²) in [6.45, 7) is 0.855. The fourth-order valence-electron chi connectivity index (χ4n) is 4.85. The van der Waals surface area contributed by atoms with Crippen LogP contribution in [0.3, 0.4) is 0 Å². The number of nitrogens with zero attached hydrogens (tertiary/aromatic N) is 3. The highest BCUT2D eigenvalue weighted by Gasteiger charge is 2.54. The predicted molar refractivity (Wildman–Crippen MR) is 177 cm³/mol. The number of thiazole rings is 1. The minimum Gasteiger partial charge on any atom is -0.448 e. The number of amides is 3. The third-order valence-corrected chi connectivity index (χ3v) is 8.91. The second-order valence-electron chi connectivity index (χ2n) is 10.3. The van der Waals surface area contributed by atoms with Gasteiger partial charge in [0, 0.05) is 18.1 Å². The number of β-lactam (4-membered cyclic amide) rings is 1. The van der Waals surface area contributed by atoms with Gasteiger partial charge in [0.2, 0.25) is 5.91 Å². The van der Waals surface area contributed by atoms with Crippen molar-refractivity contribution in [1.82, 2.24) is 15.2 Å². The standard InChI is InChI=1S/C32H30N6O8S2/c1-18(39)46-37-24(22-17-48-32(34)35-22)28(41)36-25-29(42)38-26(21(16-47-30(25)38)13-8-14-44-15-23(33)40)31(43)45-27(19-9-4-2-5-10-19)20-11-6-3-7-12-20/h2-13,17,25,27,30H,14-16H2,1H3,(H2,33,40)(H2,34,35)(H,36,41)/b13-8+,37-24?/t25-,30-/m1/s1. The van der Waals surface area contributed by atoms with Gasteiger partial charge in [0.1, 0.15) is 29.4 Å². The first-order valence-corrected chi connectivity index (χ1v) is 16.4. The molecule has 2 aliphatic heterocycles. The molecular formula is C32H30N6O8S2. The van der Waals surface area contributed by atoms with E-state index in [1.54, 1.807) is 12.2 Å². The molecule has 0 bridgehead atoms. The van der Waals surface area contributed by atoms with Crippen LogP contribution >= 0.6 is 23.1 Å². The Morgan fingerprint density at radius 1 is 1.10 bits per heavy atom. The monoisotopic (exact) mass is 690 g/mol. The number of esters is 1. The average molecular weight is 691 g/mol. The van der Waals surface area contributed by atoms with Crippen LogP contribution in [0.15, 0.2) is 94.6 Å². The van der Waals surface area contributed by atoms with E-state index in [1.807, 2.05) is 60.7 Å². The molecule has 1 saturated heterocycles. The number of aromatic nitrogens is 1. The number of nitrogens with one attached hydrogen (secondary N) is 1. The maximum atomic E-state index is 14.1. The smallest absolute Gasteiger partial charge is 0.356 e. The Balaban J connectivity index is 1.42. The van der Waals surface area contributed by atoms with Crippen molar-refractivity contribution >= 4 is 63.6 Å². The Morgan fingerprint density at radius 3 is 2.35 bits per heavy atom. The Morgan fingerprint density at radius 2 is 1.77 bits per heavy atom. The van der Waals surface area contributed by atoms with Crippen molar-refractivity contribution in [3.63, 3.8) is 0 Å². The summed E-state index contributed by atoms with van der Waals surface area (Å²) in [6.07, 6.45) is 2.43.